The Labute approximate surface area is 123 Å². The minimum absolute atomic E-state index is 0.224. The Morgan fingerprint density at radius 2 is 2.00 bits per heavy atom. The first kappa shape index (κ1) is 15.8. The highest BCUT2D eigenvalue weighted by Crippen LogP contribution is 2.17. The predicted molar refractivity (Wildman–Crippen MR) is 82.7 cm³/mol. The number of amides is 1. The molecule has 116 valence electrons. The van der Waals surface area contributed by atoms with Crippen LogP contribution in [0.1, 0.15) is 46.0 Å². The van der Waals surface area contributed by atoms with Crippen LogP contribution in [0.25, 0.3) is 0 Å². The topological polar surface area (TPSA) is 44.4 Å². The summed E-state index contributed by atoms with van der Waals surface area (Å²) in [5, 5.41) is 6.52. The van der Waals surface area contributed by atoms with Crippen LogP contribution in [-0.4, -0.2) is 49.6 Å². The number of hydrogen-bond acceptors (Lipinski definition) is 3. The van der Waals surface area contributed by atoms with Crippen LogP contribution in [0.3, 0.4) is 0 Å². The van der Waals surface area contributed by atoms with E-state index in [-0.39, 0.29) is 11.8 Å². The molecule has 0 aliphatic carbocycles. The van der Waals surface area contributed by atoms with Gasteiger partial charge in [-0.3, -0.25) is 4.79 Å². The number of carbonyl (C=O) groups is 1. The molecule has 0 spiro atoms. The highest BCUT2D eigenvalue weighted by molar-refractivity contribution is 5.78. The van der Waals surface area contributed by atoms with E-state index in [0.717, 1.165) is 44.8 Å². The molecule has 2 saturated heterocycles. The fraction of sp³-hybridized carbons (Fsp3) is 0.938. The van der Waals surface area contributed by atoms with Gasteiger partial charge in [0.15, 0.2) is 0 Å². The van der Waals surface area contributed by atoms with Gasteiger partial charge in [-0.15, -0.1) is 0 Å². The molecule has 0 aromatic carbocycles. The number of hydrogen-bond donors (Lipinski definition) is 2. The Hall–Kier alpha value is -0.610. The minimum Gasteiger partial charge on any atom is -0.356 e. The smallest absolute Gasteiger partial charge is 0.223 e. The normalized spacial score (nSPS) is 29.3. The van der Waals surface area contributed by atoms with Crippen LogP contribution in [0.15, 0.2) is 0 Å². The van der Waals surface area contributed by atoms with Gasteiger partial charge in [-0.2, -0.15) is 0 Å². The van der Waals surface area contributed by atoms with Crippen molar-refractivity contribution in [2.24, 2.45) is 11.8 Å². The SMILES string of the molecule is CC1CCN(CCCNC(=O)C2CCNC(C)C2)CC1. The van der Waals surface area contributed by atoms with Crippen LogP contribution in [0.2, 0.25) is 0 Å². The summed E-state index contributed by atoms with van der Waals surface area (Å²) in [7, 11) is 0. The van der Waals surface area contributed by atoms with E-state index in [1.807, 2.05) is 0 Å². The first-order valence-electron chi connectivity index (χ1n) is 8.38. The van der Waals surface area contributed by atoms with Crippen molar-refractivity contribution in [1.29, 1.82) is 0 Å². The molecule has 4 nitrogen and oxygen atoms in total. The molecule has 0 aromatic rings. The Bertz CT molecular complexity index is 300. The van der Waals surface area contributed by atoms with Crippen molar-refractivity contribution >= 4 is 5.91 Å². The molecule has 2 unspecified atom stereocenters. The van der Waals surface area contributed by atoms with Gasteiger partial charge in [-0.05, 0) is 71.1 Å². The van der Waals surface area contributed by atoms with Crippen molar-refractivity contribution in [3.63, 3.8) is 0 Å². The summed E-state index contributed by atoms with van der Waals surface area (Å²) in [5.41, 5.74) is 0. The van der Waals surface area contributed by atoms with Crippen LogP contribution in [0.5, 0.6) is 0 Å². The van der Waals surface area contributed by atoms with E-state index in [0.29, 0.717) is 6.04 Å². The molecule has 0 saturated carbocycles. The van der Waals surface area contributed by atoms with Crippen molar-refractivity contribution in [3.05, 3.63) is 0 Å². The molecule has 2 atom stereocenters. The number of carbonyl (C=O) groups excluding carboxylic acids is 1. The fourth-order valence-electron chi connectivity index (χ4n) is 3.31. The second-order valence-electron chi connectivity index (χ2n) is 6.75. The summed E-state index contributed by atoms with van der Waals surface area (Å²) >= 11 is 0. The monoisotopic (exact) mass is 281 g/mol. The van der Waals surface area contributed by atoms with Gasteiger partial charge >= 0.3 is 0 Å². The Morgan fingerprint density at radius 3 is 2.70 bits per heavy atom. The molecule has 2 rings (SSSR count). The van der Waals surface area contributed by atoms with E-state index in [1.54, 1.807) is 0 Å². The molecular formula is C16H31N3O. The maximum Gasteiger partial charge on any atom is 0.223 e. The van der Waals surface area contributed by atoms with Gasteiger partial charge in [0.05, 0.1) is 0 Å². The molecule has 1 amide bonds. The zero-order valence-corrected chi connectivity index (χ0v) is 13.2. The summed E-state index contributed by atoms with van der Waals surface area (Å²) in [5.74, 6) is 1.39. The third-order valence-electron chi connectivity index (χ3n) is 4.82. The molecule has 2 heterocycles. The maximum atomic E-state index is 12.1. The summed E-state index contributed by atoms with van der Waals surface area (Å²) in [4.78, 5) is 14.6. The van der Waals surface area contributed by atoms with Gasteiger partial charge in [0.2, 0.25) is 5.91 Å². The molecule has 4 heteroatoms. The van der Waals surface area contributed by atoms with E-state index in [9.17, 15) is 4.79 Å². The number of piperidine rings is 2. The summed E-state index contributed by atoms with van der Waals surface area (Å²) in [6, 6.07) is 0.481. The summed E-state index contributed by atoms with van der Waals surface area (Å²) in [6.45, 7) is 9.93. The highest BCUT2D eigenvalue weighted by atomic mass is 16.1. The second-order valence-corrected chi connectivity index (χ2v) is 6.75. The van der Waals surface area contributed by atoms with Crippen molar-refractivity contribution in [2.75, 3.05) is 32.7 Å². The zero-order chi connectivity index (χ0) is 14.4. The number of likely N-dealkylation sites (tertiary alicyclic amines) is 1. The highest BCUT2D eigenvalue weighted by Gasteiger charge is 2.24. The lowest BCUT2D eigenvalue weighted by molar-refractivity contribution is -0.126. The van der Waals surface area contributed by atoms with Crippen LogP contribution < -0.4 is 10.6 Å². The number of nitrogens with one attached hydrogen (secondary N) is 2. The third-order valence-corrected chi connectivity index (χ3v) is 4.82. The predicted octanol–water partition coefficient (Wildman–Crippen LogP) is 1.61. The molecule has 0 bridgehead atoms. The first-order valence-corrected chi connectivity index (χ1v) is 8.38. The van der Waals surface area contributed by atoms with Crippen LogP contribution in [0.4, 0.5) is 0 Å². The van der Waals surface area contributed by atoms with E-state index >= 15 is 0 Å². The Balaban J connectivity index is 1.55. The van der Waals surface area contributed by atoms with E-state index in [2.05, 4.69) is 29.4 Å². The minimum atomic E-state index is 0.224. The average molecular weight is 281 g/mol. The molecule has 0 aromatic heterocycles. The summed E-state index contributed by atoms with van der Waals surface area (Å²) < 4.78 is 0. The van der Waals surface area contributed by atoms with Crippen molar-refractivity contribution < 1.29 is 4.79 Å². The average Bonchev–Trinajstić information content (AvgIpc) is 2.45. The van der Waals surface area contributed by atoms with Crippen molar-refractivity contribution in [1.82, 2.24) is 15.5 Å². The molecule has 2 fully saturated rings. The Kier molecular flexibility index (Phi) is 6.30. The van der Waals surface area contributed by atoms with Gasteiger partial charge < -0.3 is 15.5 Å². The van der Waals surface area contributed by atoms with Crippen LogP contribution in [0, 0.1) is 11.8 Å². The van der Waals surface area contributed by atoms with Gasteiger partial charge in [0, 0.05) is 18.5 Å². The zero-order valence-electron chi connectivity index (χ0n) is 13.2. The van der Waals surface area contributed by atoms with Crippen molar-refractivity contribution in [3.8, 4) is 0 Å². The van der Waals surface area contributed by atoms with Crippen molar-refractivity contribution in [2.45, 2.75) is 52.0 Å². The van der Waals surface area contributed by atoms with E-state index in [1.165, 1.54) is 25.9 Å². The molecule has 2 N–H and O–H groups in total. The third kappa shape index (κ3) is 5.06. The van der Waals surface area contributed by atoms with Crippen LogP contribution in [-0.2, 0) is 4.79 Å². The molecule has 20 heavy (non-hydrogen) atoms. The van der Waals surface area contributed by atoms with E-state index < -0.39 is 0 Å². The standard InChI is InChI=1S/C16H31N3O/c1-13-5-10-19(11-6-13)9-3-7-18-16(20)15-4-8-17-14(2)12-15/h13-15,17H,3-12H2,1-2H3,(H,18,20). The Morgan fingerprint density at radius 1 is 1.25 bits per heavy atom. The number of nitrogens with zero attached hydrogens (tertiary/aromatic N) is 1. The first-order chi connectivity index (χ1) is 9.65. The van der Waals surface area contributed by atoms with Gasteiger partial charge in [-0.1, -0.05) is 6.92 Å². The molecular weight excluding hydrogens is 250 g/mol. The molecule has 2 aliphatic rings. The van der Waals surface area contributed by atoms with E-state index in [4.69, 9.17) is 0 Å². The van der Waals surface area contributed by atoms with Gasteiger partial charge in [0.25, 0.3) is 0 Å². The second kappa shape index (κ2) is 7.99. The summed E-state index contributed by atoms with van der Waals surface area (Å²) in [6.07, 6.45) is 5.72. The maximum absolute atomic E-state index is 12.1. The van der Waals surface area contributed by atoms with Gasteiger partial charge in [-0.25, -0.2) is 0 Å². The van der Waals surface area contributed by atoms with Crippen LogP contribution >= 0.6 is 0 Å². The largest absolute Gasteiger partial charge is 0.356 e. The lowest BCUT2D eigenvalue weighted by Crippen LogP contribution is -2.43. The lowest BCUT2D eigenvalue weighted by Gasteiger charge is -2.30. The quantitative estimate of drug-likeness (QED) is 0.753. The number of rotatable bonds is 5. The molecule has 0 radical (unpaired) electrons. The molecule has 2 aliphatic heterocycles. The van der Waals surface area contributed by atoms with Gasteiger partial charge in [0.1, 0.15) is 0 Å². The fourth-order valence-corrected chi connectivity index (χ4v) is 3.31. The lowest BCUT2D eigenvalue weighted by atomic mass is 9.92.